The zero-order valence-electron chi connectivity index (χ0n) is 11.0. The molecule has 4 bridgehead atoms. The molecule has 1 amide bonds. The van der Waals surface area contributed by atoms with Gasteiger partial charge in [-0.05, 0) is 68.1 Å². The van der Waals surface area contributed by atoms with Crippen molar-refractivity contribution in [3.05, 3.63) is 0 Å². The number of carbonyl (C=O) groups excluding carboxylic acids is 1. The van der Waals surface area contributed by atoms with Gasteiger partial charge in [0, 0.05) is 18.5 Å². The maximum absolute atomic E-state index is 12.2. The molecule has 5 aliphatic carbocycles. The van der Waals surface area contributed by atoms with Crippen LogP contribution in [0.2, 0.25) is 0 Å². The van der Waals surface area contributed by atoms with Crippen LogP contribution >= 0.6 is 0 Å². The van der Waals surface area contributed by atoms with Gasteiger partial charge in [-0.25, -0.2) is 0 Å². The Morgan fingerprint density at radius 1 is 1.06 bits per heavy atom. The summed E-state index contributed by atoms with van der Waals surface area (Å²) in [5.74, 6) is 3.08. The van der Waals surface area contributed by atoms with Crippen LogP contribution in [0, 0.1) is 23.2 Å². The molecule has 0 aromatic heterocycles. The number of hydrogen-bond acceptors (Lipinski definition) is 2. The fourth-order valence-corrected chi connectivity index (χ4v) is 5.49. The molecule has 100 valence electrons. The largest absolute Gasteiger partial charge is 0.352 e. The van der Waals surface area contributed by atoms with Crippen LogP contribution in [0.4, 0.5) is 0 Å². The number of hydrogen-bond donors (Lipinski definition) is 2. The van der Waals surface area contributed by atoms with Crippen molar-refractivity contribution in [1.29, 1.82) is 0 Å². The average Bonchev–Trinajstić information content (AvgIpc) is 2.90. The second-order valence-corrected chi connectivity index (χ2v) is 7.67. The van der Waals surface area contributed by atoms with Crippen molar-refractivity contribution in [2.75, 3.05) is 0 Å². The zero-order chi connectivity index (χ0) is 12.3. The molecule has 2 atom stereocenters. The van der Waals surface area contributed by atoms with Crippen molar-refractivity contribution in [3.8, 4) is 0 Å². The molecule has 3 N–H and O–H groups in total. The molecule has 0 heterocycles. The van der Waals surface area contributed by atoms with E-state index in [9.17, 15) is 4.79 Å². The molecule has 0 aliphatic heterocycles. The predicted octanol–water partition coefficient (Wildman–Crippen LogP) is 1.81. The van der Waals surface area contributed by atoms with Crippen molar-refractivity contribution in [3.63, 3.8) is 0 Å². The van der Waals surface area contributed by atoms with Crippen molar-refractivity contribution < 1.29 is 4.79 Å². The summed E-state index contributed by atoms with van der Waals surface area (Å²) in [4.78, 5) is 12.2. The first-order valence-electron chi connectivity index (χ1n) is 7.67. The van der Waals surface area contributed by atoms with Crippen LogP contribution in [0.15, 0.2) is 0 Å². The maximum atomic E-state index is 12.2. The van der Waals surface area contributed by atoms with E-state index in [0.29, 0.717) is 5.41 Å². The number of carbonyl (C=O) groups is 1. The van der Waals surface area contributed by atoms with Gasteiger partial charge in [-0.2, -0.15) is 0 Å². The molecule has 5 aliphatic rings. The van der Waals surface area contributed by atoms with E-state index in [0.717, 1.165) is 30.6 Å². The Labute approximate surface area is 109 Å². The van der Waals surface area contributed by atoms with Gasteiger partial charge in [-0.1, -0.05) is 0 Å². The maximum Gasteiger partial charge on any atom is 0.220 e. The predicted molar refractivity (Wildman–Crippen MR) is 69.7 cm³/mol. The molecule has 0 aromatic rings. The fraction of sp³-hybridized carbons (Fsp3) is 0.933. The van der Waals surface area contributed by atoms with Gasteiger partial charge in [-0.15, -0.1) is 0 Å². The highest BCUT2D eigenvalue weighted by Gasteiger charge is 2.51. The van der Waals surface area contributed by atoms with Gasteiger partial charge >= 0.3 is 0 Å². The molecular formula is C15H24N2O. The molecule has 5 fully saturated rings. The van der Waals surface area contributed by atoms with E-state index in [1.54, 1.807) is 0 Å². The third-order valence-corrected chi connectivity index (χ3v) is 5.89. The molecule has 18 heavy (non-hydrogen) atoms. The van der Waals surface area contributed by atoms with Crippen LogP contribution in [0.5, 0.6) is 0 Å². The second-order valence-electron chi connectivity index (χ2n) is 7.67. The first-order valence-corrected chi connectivity index (χ1v) is 7.67. The van der Waals surface area contributed by atoms with Gasteiger partial charge in [-0.3, -0.25) is 4.79 Å². The molecule has 0 aromatic carbocycles. The summed E-state index contributed by atoms with van der Waals surface area (Å²) in [6, 6.07) is 0.511. The Bertz CT molecular complexity index is 343. The number of rotatable bonds is 3. The molecule has 3 heteroatoms. The van der Waals surface area contributed by atoms with Gasteiger partial charge in [0.25, 0.3) is 0 Å². The molecule has 3 nitrogen and oxygen atoms in total. The van der Waals surface area contributed by atoms with Gasteiger partial charge in [0.2, 0.25) is 5.91 Å². The lowest BCUT2D eigenvalue weighted by Crippen LogP contribution is -2.48. The minimum absolute atomic E-state index is 0.227. The van der Waals surface area contributed by atoms with Gasteiger partial charge in [0.15, 0.2) is 0 Å². The fourth-order valence-electron chi connectivity index (χ4n) is 5.49. The molecule has 0 saturated heterocycles. The summed E-state index contributed by atoms with van der Waals surface area (Å²) >= 11 is 0. The summed E-state index contributed by atoms with van der Waals surface area (Å²) in [6.45, 7) is 0. The van der Waals surface area contributed by atoms with Crippen molar-refractivity contribution in [2.24, 2.45) is 28.9 Å². The zero-order valence-corrected chi connectivity index (χ0v) is 11.0. The standard InChI is InChI=1S/C15H24N2O/c16-12-4-13(12)17-14(18)8-15-5-9-1-10(6-15)3-11(2-9)7-15/h9-13H,1-8,16H2,(H,17,18). The SMILES string of the molecule is NC1CC1NC(=O)CC12CC3CC(CC(C3)C1)C2. The van der Waals surface area contributed by atoms with E-state index in [2.05, 4.69) is 5.32 Å². The van der Waals surface area contributed by atoms with Crippen molar-refractivity contribution in [1.82, 2.24) is 5.32 Å². The quantitative estimate of drug-likeness (QED) is 0.800. The highest BCUT2D eigenvalue weighted by atomic mass is 16.1. The summed E-state index contributed by atoms with van der Waals surface area (Å²) in [5, 5.41) is 3.11. The first kappa shape index (κ1) is 11.3. The van der Waals surface area contributed by atoms with Crippen LogP contribution in [-0.2, 0) is 4.79 Å². The molecule has 5 saturated carbocycles. The van der Waals surface area contributed by atoms with E-state index in [1.165, 1.54) is 38.5 Å². The van der Waals surface area contributed by atoms with Gasteiger partial charge in [0.1, 0.15) is 0 Å². The molecule has 2 unspecified atom stereocenters. The Kier molecular flexibility index (Phi) is 2.33. The summed E-state index contributed by atoms with van der Waals surface area (Å²) in [5.41, 5.74) is 6.13. The topological polar surface area (TPSA) is 55.1 Å². The van der Waals surface area contributed by atoms with Crippen LogP contribution in [-0.4, -0.2) is 18.0 Å². The van der Waals surface area contributed by atoms with E-state index in [4.69, 9.17) is 5.73 Å². The van der Waals surface area contributed by atoms with Crippen LogP contribution in [0.25, 0.3) is 0 Å². The Balaban J connectivity index is 1.42. The number of nitrogens with two attached hydrogens (primary N) is 1. The summed E-state index contributed by atoms with van der Waals surface area (Å²) in [6.07, 6.45) is 10.1. The molecule has 5 rings (SSSR count). The third-order valence-electron chi connectivity index (χ3n) is 5.89. The summed E-state index contributed by atoms with van der Waals surface area (Å²) in [7, 11) is 0. The van der Waals surface area contributed by atoms with E-state index in [-0.39, 0.29) is 18.0 Å². The first-order chi connectivity index (χ1) is 8.62. The van der Waals surface area contributed by atoms with Crippen LogP contribution in [0.3, 0.4) is 0 Å². The van der Waals surface area contributed by atoms with Gasteiger partial charge < -0.3 is 11.1 Å². The van der Waals surface area contributed by atoms with Crippen molar-refractivity contribution >= 4 is 5.91 Å². The van der Waals surface area contributed by atoms with Gasteiger partial charge in [0.05, 0.1) is 0 Å². The Hall–Kier alpha value is -0.570. The lowest BCUT2D eigenvalue weighted by atomic mass is 9.49. The van der Waals surface area contributed by atoms with E-state index in [1.807, 2.05) is 0 Å². The third kappa shape index (κ3) is 1.87. The summed E-state index contributed by atoms with van der Waals surface area (Å²) < 4.78 is 0. The Morgan fingerprint density at radius 3 is 2.00 bits per heavy atom. The number of amides is 1. The smallest absolute Gasteiger partial charge is 0.220 e. The number of nitrogens with one attached hydrogen (secondary N) is 1. The average molecular weight is 248 g/mol. The lowest BCUT2D eigenvalue weighted by Gasteiger charge is -2.56. The lowest BCUT2D eigenvalue weighted by molar-refractivity contribution is -0.129. The minimum atomic E-state index is 0.227. The normalized spacial score (nSPS) is 52.4. The molecule has 0 radical (unpaired) electrons. The van der Waals surface area contributed by atoms with E-state index >= 15 is 0 Å². The van der Waals surface area contributed by atoms with Crippen LogP contribution < -0.4 is 11.1 Å². The highest BCUT2D eigenvalue weighted by molar-refractivity contribution is 5.77. The Morgan fingerprint density at radius 2 is 1.56 bits per heavy atom. The minimum Gasteiger partial charge on any atom is -0.352 e. The highest BCUT2D eigenvalue weighted by Crippen LogP contribution is 2.61. The molecular weight excluding hydrogens is 224 g/mol. The van der Waals surface area contributed by atoms with E-state index < -0.39 is 0 Å². The monoisotopic (exact) mass is 248 g/mol. The van der Waals surface area contributed by atoms with Crippen LogP contribution in [0.1, 0.15) is 51.4 Å². The molecule has 0 spiro atoms. The second kappa shape index (κ2) is 3.72. The van der Waals surface area contributed by atoms with Crippen molar-refractivity contribution in [2.45, 2.75) is 63.5 Å².